The van der Waals surface area contributed by atoms with Gasteiger partial charge in [-0.3, -0.25) is 9.78 Å². The van der Waals surface area contributed by atoms with E-state index in [4.69, 9.17) is 32.9 Å². The molecule has 1 atom stereocenters. The van der Waals surface area contributed by atoms with Gasteiger partial charge < -0.3 is 10.1 Å². The van der Waals surface area contributed by atoms with E-state index in [1.807, 2.05) is 24.3 Å². The van der Waals surface area contributed by atoms with E-state index in [0.717, 1.165) is 47.8 Å². The van der Waals surface area contributed by atoms with Crippen LogP contribution in [0.2, 0.25) is 10.0 Å². The van der Waals surface area contributed by atoms with Crippen LogP contribution in [0.3, 0.4) is 0 Å². The number of aryl methyl sites for hydroxylation is 1. The van der Waals surface area contributed by atoms with E-state index in [-0.39, 0.29) is 0 Å². The Morgan fingerprint density at radius 2 is 1.87 bits per heavy atom. The summed E-state index contributed by atoms with van der Waals surface area (Å²) in [5, 5.41) is 4.19. The second kappa shape index (κ2) is 8.62. The molecule has 7 heteroatoms. The van der Waals surface area contributed by atoms with E-state index in [1.165, 1.54) is 13.0 Å². The number of carbonyl (C=O) groups excluding carboxylic acids is 2. The molecule has 30 heavy (non-hydrogen) atoms. The van der Waals surface area contributed by atoms with E-state index in [9.17, 15) is 9.59 Å². The van der Waals surface area contributed by atoms with Crippen LogP contribution in [0.5, 0.6) is 0 Å². The summed E-state index contributed by atoms with van der Waals surface area (Å²) in [7, 11) is 0. The third-order valence-corrected chi connectivity index (χ3v) is 5.76. The number of halogens is 2. The molecule has 1 aliphatic carbocycles. The number of fused-ring (bicyclic) bond motifs is 2. The highest BCUT2D eigenvalue weighted by Gasteiger charge is 2.26. The Morgan fingerprint density at radius 3 is 2.67 bits per heavy atom. The number of benzene rings is 2. The minimum absolute atomic E-state index is 0.309. The zero-order chi connectivity index (χ0) is 21.3. The van der Waals surface area contributed by atoms with E-state index >= 15 is 0 Å². The molecule has 0 saturated heterocycles. The summed E-state index contributed by atoms with van der Waals surface area (Å²) in [6.45, 7) is 1.53. The predicted octanol–water partition coefficient (Wildman–Crippen LogP) is 5.60. The highest BCUT2D eigenvalue weighted by atomic mass is 35.5. The molecule has 1 amide bonds. The van der Waals surface area contributed by atoms with Gasteiger partial charge in [-0.05, 0) is 62.4 Å². The Labute approximate surface area is 184 Å². The van der Waals surface area contributed by atoms with Crippen LogP contribution in [-0.4, -0.2) is 23.0 Å². The number of aromatic nitrogens is 1. The predicted molar refractivity (Wildman–Crippen MR) is 118 cm³/mol. The second-order valence-corrected chi connectivity index (χ2v) is 8.14. The molecular formula is C23H20Cl2N2O3. The summed E-state index contributed by atoms with van der Waals surface area (Å²) >= 11 is 12.0. The van der Waals surface area contributed by atoms with Crippen LogP contribution in [0.4, 0.5) is 5.69 Å². The first-order valence-electron chi connectivity index (χ1n) is 9.81. The number of ether oxygens (including phenoxy) is 1. The number of nitrogens with zero attached hydrogens (tertiary/aromatic N) is 1. The molecule has 0 unspecified atom stereocenters. The van der Waals surface area contributed by atoms with Crippen LogP contribution in [0, 0.1) is 0 Å². The van der Waals surface area contributed by atoms with Crippen LogP contribution in [0.25, 0.3) is 10.9 Å². The first-order valence-corrected chi connectivity index (χ1v) is 10.6. The van der Waals surface area contributed by atoms with E-state index in [1.54, 1.807) is 12.1 Å². The zero-order valence-corrected chi connectivity index (χ0v) is 17.9. The lowest BCUT2D eigenvalue weighted by molar-refractivity contribution is -0.123. The van der Waals surface area contributed by atoms with Crippen molar-refractivity contribution in [2.45, 2.75) is 38.7 Å². The fourth-order valence-corrected chi connectivity index (χ4v) is 4.16. The minimum Gasteiger partial charge on any atom is -0.449 e. The molecule has 0 saturated carbocycles. The average Bonchev–Trinajstić information content (AvgIpc) is 2.73. The standard InChI is InChI=1S/C23H20Cl2N2O3/c1-13(22(28)27-20-11-10-14(24)12-17(20)25)30-23(29)21-15-6-2-4-8-18(15)26-19-9-5-3-7-16(19)21/h2,4,6,8,10-13H,3,5,7,9H2,1H3,(H,27,28)/t13-/m0/s1. The molecule has 1 N–H and O–H groups in total. The van der Waals surface area contributed by atoms with Gasteiger partial charge in [0.1, 0.15) is 0 Å². The maximum atomic E-state index is 13.1. The van der Waals surface area contributed by atoms with Crippen LogP contribution in [-0.2, 0) is 22.4 Å². The summed E-state index contributed by atoms with van der Waals surface area (Å²) in [5.41, 5.74) is 3.55. The molecule has 3 aromatic rings. The number of hydrogen-bond donors (Lipinski definition) is 1. The van der Waals surface area contributed by atoms with Gasteiger partial charge in [0.25, 0.3) is 5.91 Å². The Morgan fingerprint density at radius 1 is 1.10 bits per heavy atom. The molecule has 1 aliphatic rings. The number of amides is 1. The number of hydrogen-bond acceptors (Lipinski definition) is 4. The fraction of sp³-hybridized carbons (Fsp3) is 0.261. The van der Waals surface area contributed by atoms with Gasteiger partial charge in [0.15, 0.2) is 6.10 Å². The molecular weight excluding hydrogens is 423 g/mol. The maximum Gasteiger partial charge on any atom is 0.339 e. The van der Waals surface area contributed by atoms with Crippen molar-refractivity contribution < 1.29 is 14.3 Å². The molecule has 0 aliphatic heterocycles. The van der Waals surface area contributed by atoms with Gasteiger partial charge in [0.05, 0.1) is 21.8 Å². The summed E-state index contributed by atoms with van der Waals surface area (Å²) in [6.07, 6.45) is 2.66. The number of esters is 1. The molecule has 1 heterocycles. The molecule has 1 aromatic heterocycles. The summed E-state index contributed by atoms with van der Waals surface area (Å²) in [4.78, 5) is 30.4. The maximum absolute atomic E-state index is 13.1. The Balaban J connectivity index is 1.59. The molecule has 5 nitrogen and oxygen atoms in total. The molecule has 4 rings (SSSR count). The largest absolute Gasteiger partial charge is 0.449 e. The number of nitrogens with one attached hydrogen (secondary N) is 1. The average molecular weight is 443 g/mol. The van der Waals surface area contributed by atoms with Gasteiger partial charge in [-0.25, -0.2) is 4.79 Å². The van der Waals surface area contributed by atoms with E-state index < -0.39 is 18.0 Å². The number of rotatable bonds is 4. The van der Waals surface area contributed by atoms with Gasteiger partial charge in [-0.1, -0.05) is 41.4 Å². The van der Waals surface area contributed by atoms with Gasteiger partial charge in [0.2, 0.25) is 0 Å². The molecule has 154 valence electrons. The van der Waals surface area contributed by atoms with Crippen molar-refractivity contribution >= 4 is 51.7 Å². The minimum atomic E-state index is -1.00. The third-order valence-electron chi connectivity index (χ3n) is 5.22. The number of pyridine rings is 1. The van der Waals surface area contributed by atoms with Gasteiger partial charge >= 0.3 is 5.97 Å². The van der Waals surface area contributed by atoms with E-state index in [0.29, 0.717) is 21.3 Å². The SMILES string of the molecule is C[C@H](OC(=O)c1c2c(nc3ccccc13)CCCC2)C(=O)Nc1ccc(Cl)cc1Cl. The van der Waals surface area contributed by atoms with Crippen LogP contribution >= 0.6 is 23.2 Å². The lowest BCUT2D eigenvalue weighted by Crippen LogP contribution is -2.30. The Kier molecular flexibility index (Phi) is 5.93. The number of para-hydroxylation sites is 1. The molecule has 0 spiro atoms. The summed E-state index contributed by atoms with van der Waals surface area (Å²) in [6, 6.07) is 12.3. The van der Waals surface area contributed by atoms with Crippen LogP contribution < -0.4 is 5.32 Å². The lowest BCUT2D eigenvalue weighted by Gasteiger charge is -2.21. The van der Waals surface area contributed by atoms with Crippen molar-refractivity contribution in [2.24, 2.45) is 0 Å². The highest BCUT2D eigenvalue weighted by molar-refractivity contribution is 6.36. The van der Waals surface area contributed by atoms with Crippen molar-refractivity contribution in [3.05, 3.63) is 69.3 Å². The van der Waals surface area contributed by atoms with Crippen LogP contribution in [0.15, 0.2) is 42.5 Å². The lowest BCUT2D eigenvalue weighted by atomic mass is 9.90. The smallest absolute Gasteiger partial charge is 0.339 e. The second-order valence-electron chi connectivity index (χ2n) is 7.30. The molecule has 0 radical (unpaired) electrons. The van der Waals surface area contributed by atoms with Crippen LogP contribution in [0.1, 0.15) is 41.4 Å². The highest BCUT2D eigenvalue weighted by Crippen LogP contribution is 2.30. The first-order chi connectivity index (χ1) is 14.4. The number of anilines is 1. The Bertz CT molecular complexity index is 1150. The zero-order valence-electron chi connectivity index (χ0n) is 16.4. The summed E-state index contributed by atoms with van der Waals surface area (Å²) < 4.78 is 5.56. The first kappa shape index (κ1) is 20.6. The topological polar surface area (TPSA) is 68.3 Å². The van der Waals surface area contributed by atoms with E-state index in [2.05, 4.69) is 5.32 Å². The van der Waals surface area contributed by atoms with Gasteiger partial charge in [-0.15, -0.1) is 0 Å². The summed E-state index contributed by atoms with van der Waals surface area (Å²) in [5.74, 6) is -0.989. The van der Waals surface area contributed by atoms with Crippen molar-refractivity contribution in [3.8, 4) is 0 Å². The van der Waals surface area contributed by atoms with Crippen molar-refractivity contribution in [1.82, 2.24) is 4.98 Å². The fourth-order valence-electron chi connectivity index (χ4n) is 3.70. The molecule has 2 aromatic carbocycles. The van der Waals surface area contributed by atoms with Crippen molar-refractivity contribution in [3.63, 3.8) is 0 Å². The Hall–Kier alpha value is -2.63. The normalized spacial score (nSPS) is 14.1. The quantitative estimate of drug-likeness (QED) is 0.533. The van der Waals surface area contributed by atoms with Crippen molar-refractivity contribution in [1.29, 1.82) is 0 Å². The molecule has 0 fully saturated rings. The molecule has 0 bridgehead atoms. The number of carbonyl (C=O) groups is 2. The monoisotopic (exact) mass is 442 g/mol. The van der Waals surface area contributed by atoms with Gasteiger partial charge in [0, 0.05) is 16.1 Å². The van der Waals surface area contributed by atoms with Gasteiger partial charge in [-0.2, -0.15) is 0 Å². The van der Waals surface area contributed by atoms with Crippen molar-refractivity contribution in [2.75, 3.05) is 5.32 Å². The third kappa shape index (κ3) is 4.13.